The molecule has 2 atom stereocenters. The van der Waals surface area contributed by atoms with Gasteiger partial charge in [-0.3, -0.25) is 4.79 Å². The van der Waals surface area contributed by atoms with Gasteiger partial charge in [-0.1, -0.05) is 76.7 Å². The Bertz CT molecular complexity index is 1120. The minimum absolute atomic E-state index is 0.193. The molecule has 3 aromatic rings. The van der Waals surface area contributed by atoms with Gasteiger partial charge in [0.15, 0.2) is 6.10 Å². The number of carbonyl (C=O) groups is 1. The van der Waals surface area contributed by atoms with E-state index in [1.165, 1.54) is 0 Å². The third-order valence-electron chi connectivity index (χ3n) is 5.60. The Morgan fingerprint density at radius 2 is 1.56 bits per heavy atom. The first-order valence-corrected chi connectivity index (χ1v) is 11.5. The third-order valence-corrected chi connectivity index (χ3v) is 6.73. The Balaban J connectivity index is 1.65. The lowest BCUT2D eigenvalue weighted by Crippen LogP contribution is -2.51. The number of hydrogen-bond acceptors (Lipinski definition) is 3. The molecule has 0 aromatic heterocycles. The van der Waals surface area contributed by atoms with Crippen LogP contribution in [-0.4, -0.2) is 35.5 Å². The number of piperazine rings is 1. The molecule has 1 aliphatic rings. The van der Waals surface area contributed by atoms with Crippen LogP contribution in [-0.2, 0) is 4.79 Å². The van der Waals surface area contributed by atoms with Crippen LogP contribution in [0.3, 0.4) is 0 Å². The molecular formula is C24H20Cl4N2O2. The zero-order valence-corrected chi connectivity index (χ0v) is 19.9. The summed E-state index contributed by atoms with van der Waals surface area (Å²) in [7, 11) is 0. The Hall–Kier alpha value is -1.95. The van der Waals surface area contributed by atoms with Crippen LogP contribution in [0.2, 0.25) is 20.1 Å². The van der Waals surface area contributed by atoms with Crippen LogP contribution < -0.4 is 4.90 Å². The maximum Gasteiger partial charge on any atom is 0.256 e. The van der Waals surface area contributed by atoms with Gasteiger partial charge in [0.2, 0.25) is 0 Å². The molecule has 8 heteroatoms. The Labute approximate surface area is 206 Å². The van der Waals surface area contributed by atoms with E-state index >= 15 is 0 Å². The summed E-state index contributed by atoms with van der Waals surface area (Å²) in [6, 6.07) is 19.5. The molecule has 1 N–H and O–H groups in total. The lowest BCUT2D eigenvalue weighted by Gasteiger charge is -2.44. The van der Waals surface area contributed by atoms with Gasteiger partial charge in [-0.25, -0.2) is 0 Å². The molecule has 1 amide bonds. The molecular weight excluding hydrogens is 490 g/mol. The lowest BCUT2D eigenvalue weighted by molar-refractivity contribution is -0.141. The van der Waals surface area contributed by atoms with Crippen LogP contribution in [0.25, 0.3) is 0 Å². The van der Waals surface area contributed by atoms with Crippen molar-refractivity contribution in [3.63, 3.8) is 0 Å². The summed E-state index contributed by atoms with van der Waals surface area (Å²) in [5.74, 6) is -0.390. The maximum absolute atomic E-state index is 13.2. The molecule has 32 heavy (non-hydrogen) atoms. The number of hydrogen-bond donors (Lipinski definition) is 1. The van der Waals surface area contributed by atoms with Crippen LogP contribution >= 0.6 is 46.4 Å². The quantitative estimate of drug-likeness (QED) is 0.441. The third kappa shape index (κ3) is 4.85. The summed E-state index contributed by atoms with van der Waals surface area (Å²) in [5.41, 5.74) is 2.20. The number of amides is 1. The highest BCUT2D eigenvalue weighted by Gasteiger charge is 2.34. The second-order valence-corrected chi connectivity index (χ2v) is 9.25. The molecule has 4 nitrogen and oxygen atoms in total. The number of carbonyl (C=O) groups excluding carboxylic acids is 1. The van der Waals surface area contributed by atoms with Crippen LogP contribution in [0.5, 0.6) is 0 Å². The van der Waals surface area contributed by atoms with Crippen molar-refractivity contribution >= 4 is 58.0 Å². The summed E-state index contributed by atoms with van der Waals surface area (Å²) < 4.78 is 0. The van der Waals surface area contributed by atoms with Crippen molar-refractivity contribution in [1.29, 1.82) is 0 Å². The number of halogens is 4. The molecule has 0 bridgehead atoms. The van der Waals surface area contributed by atoms with E-state index in [0.717, 1.165) is 11.3 Å². The lowest BCUT2D eigenvalue weighted by atomic mass is 10.00. The van der Waals surface area contributed by atoms with Gasteiger partial charge in [-0.05, 0) is 42.0 Å². The van der Waals surface area contributed by atoms with E-state index in [0.29, 0.717) is 45.3 Å². The minimum atomic E-state index is -1.33. The normalized spacial score (nSPS) is 17.3. The van der Waals surface area contributed by atoms with Gasteiger partial charge in [0, 0.05) is 40.3 Å². The fourth-order valence-corrected chi connectivity index (χ4v) is 4.84. The van der Waals surface area contributed by atoms with E-state index in [1.54, 1.807) is 41.3 Å². The van der Waals surface area contributed by atoms with E-state index in [9.17, 15) is 9.90 Å². The molecule has 0 spiro atoms. The number of nitrogens with zero attached hydrogens (tertiary/aromatic N) is 2. The first-order chi connectivity index (χ1) is 15.3. The maximum atomic E-state index is 13.2. The zero-order valence-electron chi connectivity index (χ0n) is 16.9. The van der Waals surface area contributed by atoms with E-state index in [4.69, 9.17) is 46.4 Å². The van der Waals surface area contributed by atoms with Crippen molar-refractivity contribution in [1.82, 2.24) is 4.90 Å². The van der Waals surface area contributed by atoms with Crippen LogP contribution in [0.1, 0.15) is 23.3 Å². The van der Waals surface area contributed by atoms with Gasteiger partial charge in [0.1, 0.15) is 0 Å². The average Bonchev–Trinajstić information content (AvgIpc) is 2.79. The molecule has 3 aromatic carbocycles. The first kappa shape index (κ1) is 23.2. The molecule has 166 valence electrons. The Morgan fingerprint density at radius 1 is 0.875 bits per heavy atom. The predicted octanol–water partition coefficient (Wildman–Crippen LogP) is 6.42. The topological polar surface area (TPSA) is 43.8 Å². The summed E-state index contributed by atoms with van der Waals surface area (Å²) in [6.45, 7) is 1.31. The molecule has 4 rings (SSSR count). The highest BCUT2D eigenvalue weighted by atomic mass is 35.5. The molecule has 0 aliphatic carbocycles. The van der Waals surface area contributed by atoms with E-state index in [1.807, 2.05) is 30.3 Å². The minimum Gasteiger partial charge on any atom is -0.378 e. The average molecular weight is 510 g/mol. The van der Waals surface area contributed by atoms with Gasteiger partial charge in [-0.2, -0.15) is 0 Å². The fourth-order valence-electron chi connectivity index (χ4n) is 3.96. The molecule has 1 heterocycles. The zero-order chi connectivity index (χ0) is 22.8. The number of aliphatic hydroxyl groups is 1. The van der Waals surface area contributed by atoms with Gasteiger partial charge >= 0.3 is 0 Å². The molecule has 0 radical (unpaired) electrons. The van der Waals surface area contributed by atoms with Gasteiger partial charge in [0.05, 0.1) is 16.8 Å². The largest absolute Gasteiger partial charge is 0.378 e. The van der Waals surface area contributed by atoms with Crippen molar-refractivity contribution < 1.29 is 9.90 Å². The van der Waals surface area contributed by atoms with Crippen LogP contribution in [0, 0.1) is 0 Å². The highest BCUT2D eigenvalue weighted by Crippen LogP contribution is 2.37. The molecule has 0 unspecified atom stereocenters. The molecule has 1 aliphatic heterocycles. The van der Waals surface area contributed by atoms with Crippen LogP contribution in [0.15, 0.2) is 66.7 Å². The van der Waals surface area contributed by atoms with Crippen molar-refractivity contribution in [3.05, 3.63) is 97.9 Å². The number of anilines is 1. The molecule has 0 saturated carbocycles. The van der Waals surface area contributed by atoms with E-state index in [-0.39, 0.29) is 11.9 Å². The molecule has 1 saturated heterocycles. The monoisotopic (exact) mass is 508 g/mol. The SMILES string of the molecule is O=C([C@@H](O)c1ccccc1Cl)N1CCN(c2ccc(Cl)cc2Cl)[C@H](c2ccc(Cl)cc2)C1. The standard InChI is InChI=1S/C24H20Cl4N2O2/c25-16-7-5-15(6-8-16)22-14-29(24(32)23(31)18-3-1-2-4-19(18)27)11-12-30(22)21-10-9-17(26)13-20(21)28/h1-10,13,22-23,31H,11-12,14H2/t22-,23-/m0/s1. The highest BCUT2D eigenvalue weighted by molar-refractivity contribution is 6.36. The van der Waals surface area contributed by atoms with Crippen molar-refractivity contribution in [3.8, 4) is 0 Å². The smallest absolute Gasteiger partial charge is 0.256 e. The number of benzene rings is 3. The summed E-state index contributed by atoms with van der Waals surface area (Å²) in [5, 5.41) is 12.8. The second-order valence-electron chi connectivity index (χ2n) is 7.56. The first-order valence-electron chi connectivity index (χ1n) is 10.0. The van der Waals surface area contributed by atoms with Crippen molar-refractivity contribution in [2.45, 2.75) is 12.1 Å². The second kappa shape index (κ2) is 9.90. The van der Waals surface area contributed by atoms with Crippen molar-refractivity contribution in [2.24, 2.45) is 0 Å². The van der Waals surface area contributed by atoms with Gasteiger partial charge in [-0.15, -0.1) is 0 Å². The summed E-state index contributed by atoms with van der Waals surface area (Å²) in [6.07, 6.45) is -1.33. The predicted molar refractivity (Wildman–Crippen MR) is 131 cm³/mol. The Morgan fingerprint density at radius 3 is 2.25 bits per heavy atom. The van der Waals surface area contributed by atoms with E-state index in [2.05, 4.69) is 4.90 Å². The number of rotatable bonds is 4. The van der Waals surface area contributed by atoms with Crippen molar-refractivity contribution in [2.75, 3.05) is 24.5 Å². The summed E-state index contributed by atoms with van der Waals surface area (Å²) in [4.78, 5) is 17.0. The van der Waals surface area contributed by atoms with Gasteiger partial charge < -0.3 is 14.9 Å². The number of aliphatic hydroxyl groups excluding tert-OH is 1. The fraction of sp³-hybridized carbons (Fsp3) is 0.208. The Kier molecular flexibility index (Phi) is 7.18. The van der Waals surface area contributed by atoms with Gasteiger partial charge in [0.25, 0.3) is 5.91 Å². The summed E-state index contributed by atoms with van der Waals surface area (Å²) >= 11 is 24.9. The molecule has 1 fully saturated rings. The van der Waals surface area contributed by atoms with Crippen LogP contribution in [0.4, 0.5) is 5.69 Å². The van der Waals surface area contributed by atoms with E-state index < -0.39 is 6.10 Å².